The van der Waals surface area contributed by atoms with Crippen molar-refractivity contribution in [2.24, 2.45) is 0 Å². The highest BCUT2D eigenvalue weighted by Gasteiger charge is 1.98. The van der Waals surface area contributed by atoms with Gasteiger partial charge in [-0.2, -0.15) is 0 Å². The van der Waals surface area contributed by atoms with Crippen LogP contribution in [0.4, 0.5) is 0 Å². The van der Waals surface area contributed by atoms with Crippen molar-refractivity contribution in [1.29, 1.82) is 0 Å². The highest BCUT2D eigenvalue weighted by atomic mass is 16.5. The van der Waals surface area contributed by atoms with Gasteiger partial charge in [-0.1, -0.05) is 0 Å². The van der Waals surface area contributed by atoms with Gasteiger partial charge in [-0.25, -0.2) is 0 Å². The summed E-state index contributed by atoms with van der Waals surface area (Å²) in [6.07, 6.45) is 3.29. The van der Waals surface area contributed by atoms with Crippen LogP contribution in [0.5, 0.6) is 23.0 Å². The van der Waals surface area contributed by atoms with Gasteiger partial charge in [-0.15, -0.1) is 0 Å². The van der Waals surface area contributed by atoms with Gasteiger partial charge in [0, 0.05) is 6.07 Å². The van der Waals surface area contributed by atoms with Crippen molar-refractivity contribution < 1.29 is 19.3 Å². The standard InChI is InChI=1S/C16H16O4/c1-18-14-3-5-15(6-4-14)20-8-7-12-9-13(17)11-16(10-12)19-2/h3-11,17H,1-2H3. The maximum atomic E-state index is 9.53. The van der Waals surface area contributed by atoms with Crippen LogP contribution in [0.15, 0.2) is 48.7 Å². The molecule has 0 radical (unpaired) electrons. The SMILES string of the molecule is COc1ccc(OC=Cc2cc(O)cc(OC)c2)cc1. The summed E-state index contributed by atoms with van der Waals surface area (Å²) in [5.74, 6) is 2.22. The van der Waals surface area contributed by atoms with Gasteiger partial charge in [-0.05, 0) is 48.0 Å². The third-order valence-electron chi connectivity index (χ3n) is 2.67. The smallest absolute Gasteiger partial charge is 0.126 e. The normalized spacial score (nSPS) is 10.5. The van der Waals surface area contributed by atoms with Crippen LogP contribution in [0.2, 0.25) is 0 Å². The van der Waals surface area contributed by atoms with Crippen LogP contribution in [0, 0.1) is 0 Å². The van der Waals surface area contributed by atoms with Gasteiger partial charge in [0.1, 0.15) is 23.0 Å². The fourth-order valence-corrected chi connectivity index (χ4v) is 1.67. The predicted octanol–water partition coefficient (Wildman–Crippen LogP) is 3.46. The average Bonchev–Trinajstić information content (AvgIpc) is 2.47. The first kappa shape index (κ1) is 13.8. The van der Waals surface area contributed by atoms with Crippen molar-refractivity contribution in [3.63, 3.8) is 0 Å². The molecule has 0 aliphatic rings. The Labute approximate surface area is 117 Å². The molecule has 0 saturated carbocycles. The molecule has 0 aliphatic carbocycles. The van der Waals surface area contributed by atoms with Gasteiger partial charge in [0.05, 0.1) is 20.5 Å². The lowest BCUT2D eigenvalue weighted by Gasteiger charge is -2.04. The molecule has 0 fully saturated rings. The molecule has 0 unspecified atom stereocenters. The summed E-state index contributed by atoms with van der Waals surface area (Å²) >= 11 is 0. The minimum atomic E-state index is 0.147. The van der Waals surface area contributed by atoms with Crippen LogP contribution >= 0.6 is 0 Å². The van der Waals surface area contributed by atoms with E-state index in [0.717, 1.165) is 11.3 Å². The summed E-state index contributed by atoms with van der Waals surface area (Å²) in [5.41, 5.74) is 0.787. The van der Waals surface area contributed by atoms with Crippen LogP contribution in [0.25, 0.3) is 6.08 Å². The number of aromatic hydroxyl groups is 1. The lowest BCUT2D eigenvalue weighted by Crippen LogP contribution is -1.85. The van der Waals surface area contributed by atoms with Crippen molar-refractivity contribution in [3.8, 4) is 23.0 Å². The molecule has 2 aromatic rings. The van der Waals surface area contributed by atoms with Crippen molar-refractivity contribution in [2.45, 2.75) is 0 Å². The second-order valence-electron chi connectivity index (χ2n) is 4.06. The van der Waals surface area contributed by atoms with Gasteiger partial charge in [0.15, 0.2) is 0 Å². The maximum absolute atomic E-state index is 9.53. The molecule has 0 amide bonds. The lowest BCUT2D eigenvalue weighted by molar-refractivity contribution is 0.407. The topological polar surface area (TPSA) is 47.9 Å². The number of phenols is 1. The van der Waals surface area contributed by atoms with Crippen molar-refractivity contribution in [3.05, 3.63) is 54.3 Å². The molecule has 2 rings (SSSR count). The van der Waals surface area contributed by atoms with Crippen LogP contribution in [0.1, 0.15) is 5.56 Å². The van der Waals surface area contributed by atoms with E-state index < -0.39 is 0 Å². The summed E-state index contributed by atoms with van der Waals surface area (Å²) in [6, 6.07) is 12.2. The Balaban J connectivity index is 2.03. The van der Waals surface area contributed by atoms with Crippen LogP contribution in [0.3, 0.4) is 0 Å². The van der Waals surface area contributed by atoms with E-state index in [9.17, 15) is 5.11 Å². The molecule has 0 spiro atoms. The fraction of sp³-hybridized carbons (Fsp3) is 0.125. The molecule has 0 heterocycles. The molecule has 0 bridgehead atoms. The maximum Gasteiger partial charge on any atom is 0.126 e. The number of ether oxygens (including phenoxy) is 3. The molecule has 0 saturated heterocycles. The Kier molecular flexibility index (Phi) is 4.50. The first-order valence-electron chi connectivity index (χ1n) is 6.06. The second-order valence-corrected chi connectivity index (χ2v) is 4.06. The molecular formula is C16H16O4. The molecule has 2 aromatic carbocycles. The molecule has 4 heteroatoms. The molecule has 104 valence electrons. The Morgan fingerprint density at radius 1 is 0.850 bits per heavy atom. The molecule has 0 aromatic heterocycles. The van der Waals surface area contributed by atoms with Crippen molar-refractivity contribution in [2.75, 3.05) is 14.2 Å². The van der Waals surface area contributed by atoms with Crippen LogP contribution in [-0.4, -0.2) is 19.3 Å². The number of benzene rings is 2. The van der Waals surface area contributed by atoms with E-state index in [1.807, 2.05) is 24.3 Å². The van der Waals surface area contributed by atoms with Gasteiger partial charge in [0.25, 0.3) is 0 Å². The minimum absolute atomic E-state index is 0.147. The highest BCUT2D eigenvalue weighted by Crippen LogP contribution is 2.22. The van der Waals surface area contributed by atoms with E-state index in [0.29, 0.717) is 11.5 Å². The Hall–Kier alpha value is -2.62. The number of hydrogen-bond acceptors (Lipinski definition) is 4. The third kappa shape index (κ3) is 3.68. The van der Waals surface area contributed by atoms with Crippen molar-refractivity contribution in [1.82, 2.24) is 0 Å². The molecule has 20 heavy (non-hydrogen) atoms. The van der Waals surface area contributed by atoms with E-state index >= 15 is 0 Å². The monoisotopic (exact) mass is 272 g/mol. The molecule has 4 nitrogen and oxygen atoms in total. The second kappa shape index (κ2) is 6.52. The molecule has 1 N–H and O–H groups in total. The Morgan fingerprint density at radius 3 is 2.15 bits per heavy atom. The predicted molar refractivity (Wildman–Crippen MR) is 77.3 cm³/mol. The first-order chi connectivity index (χ1) is 9.71. The Bertz CT molecular complexity index is 588. The quantitative estimate of drug-likeness (QED) is 0.847. The summed E-state index contributed by atoms with van der Waals surface area (Å²) < 4.78 is 15.6. The average molecular weight is 272 g/mol. The third-order valence-corrected chi connectivity index (χ3v) is 2.67. The summed E-state index contributed by atoms with van der Waals surface area (Å²) in [5, 5.41) is 9.53. The minimum Gasteiger partial charge on any atom is -0.508 e. The summed E-state index contributed by atoms with van der Waals surface area (Å²) in [7, 11) is 3.17. The first-order valence-corrected chi connectivity index (χ1v) is 6.06. The van der Waals surface area contributed by atoms with E-state index in [1.165, 1.54) is 0 Å². The van der Waals surface area contributed by atoms with Gasteiger partial charge in [0.2, 0.25) is 0 Å². The van der Waals surface area contributed by atoms with Gasteiger partial charge >= 0.3 is 0 Å². The van der Waals surface area contributed by atoms with Crippen molar-refractivity contribution >= 4 is 6.08 Å². The van der Waals surface area contributed by atoms with E-state index in [1.54, 1.807) is 44.8 Å². The highest BCUT2D eigenvalue weighted by molar-refractivity contribution is 5.54. The molecular weight excluding hydrogens is 256 g/mol. The van der Waals surface area contributed by atoms with Crippen LogP contribution < -0.4 is 14.2 Å². The van der Waals surface area contributed by atoms with Crippen LogP contribution in [-0.2, 0) is 0 Å². The number of rotatable bonds is 5. The number of methoxy groups -OCH3 is 2. The molecule has 0 atom stereocenters. The summed E-state index contributed by atoms with van der Waals surface area (Å²) in [6.45, 7) is 0. The van der Waals surface area contributed by atoms with E-state index in [-0.39, 0.29) is 5.75 Å². The van der Waals surface area contributed by atoms with Gasteiger partial charge in [-0.3, -0.25) is 0 Å². The summed E-state index contributed by atoms with van der Waals surface area (Å²) in [4.78, 5) is 0. The zero-order valence-electron chi connectivity index (χ0n) is 11.4. The Morgan fingerprint density at radius 2 is 1.50 bits per heavy atom. The lowest BCUT2D eigenvalue weighted by atomic mass is 10.2. The zero-order valence-corrected chi connectivity index (χ0v) is 11.4. The zero-order chi connectivity index (χ0) is 14.4. The van der Waals surface area contributed by atoms with E-state index in [2.05, 4.69) is 0 Å². The number of phenolic OH excluding ortho intramolecular Hbond substituents is 1. The molecule has 0 aliphatic heterocycles. The van der Waals surface area contributed by atoms with Gasteiger partial charge < -0.3 is 19.3 Å². The fourth-order valence-electron chi connectivity index (χ4n) is 1.67. The largest absolute Gasteiger partial charge is 0.508 e. The number of hydrogen-bond donors (Lipinski definition) is 1. The van der Waals surface area contributed by atoms with E-state index in [4.69, 9.17) is 14.2 Å².